The molecule has 1 aromatic rings. The van der Waals surface area contributed by atoms with Gasteiger partial charge in [0.05, 0.1) is 11.6 Å². The molecule has 1 atom stereocenters. The molecule has 0 bridgehead atoms. The zero-order valence-electron chi connectivity index (χ0n) is 14.1. The average molecular weight is 318 g/mol. The Morgan fingerprint density at radius 2 is 1.83 bits per heavy atom. The minimum absolute atomic E-state index is 0.123. The average Bonchev–Trinajstić information content (AvgIpc) is 2.38. The second-order valence-electron chi connectivity index (χ2n) is 6.44. The molecule has 1 rings (SSSR count). The van der Waals surface area contributed by atoms with Gasteiger partial charge >= 0.3 is 12.1 Å². The first-order chi connectivity index (χ1) is 10.5. The van der Waals surface area contributed by atoms with E-state index in [1.807, 2.05) is 13.8 Å². The molecule has 6 nitrogen and oxygen atoms in total. The molecule has 6 heteroatoms. The van der Waals surface area contributed by atoms with Gasteiger partial charge in [-0.25, -0.2) is 9.59 Å². The summed E-state index contributed by atoms with van der Waals surface area (Å²) in [4.78, 5) is 23.2. The van der Waals surface area contributed by atoms with E-state index < -0.39 is 23.7 Å². The number of hydrogen-bond acceptors (Lipinski definition) is 4. The smallest absolute Gasteiger partial charge is 0.408 e. The number of benzene rings is 1. The van der Waals surface area contributed by atoms with Crippen molar-refractivity contribution >= 4 is 12.1 Å². The van der Waals surface area contributed by atoms with Crippen LogP contribution < -0.4 is 5.32 Å². The van der Waals surface area contributed by atoms with Crippen LogP contribution in [-0.2, 0) is 16.0 Å². The third-order valence-electron chi connectivity index (χ3n) is 3.22. The van der Waals surface area contributed by atoms with Crippen molar-refractivity contribution in [1.29, 1.82) is 5.26 Å². The maximum absolute atomic E-state index is 11.8. The van der Waals surface area contributed by atoms with Gasteiger partial charge in [-0.3, -0.25) is 0 Å². The SMILES string of the molecule is Cc1cc(C#N)cc(C)c1C[C@H](NC(=O)OC(C)(C)C)C(=O)O. The largest absolute Gasteiger partial charge is 0.480 e. The summed E-state index contributed by atoms with van der Waals surface area (Å²) in [6, 6.07) is 4.37. The molecule has 0 aliphatic carbocycles. The predicted octanol–water partition coefficient (Wildman–Crippen LogP) is 2.70. The second kappa shape index (κ2) is 7.14. The first-order valence-electron chi connectivity index (χ1n) is 7.26. The van der Waals surface area contributed by atoms with Crippen LogP contribution in [-0.4, -0.2) is 28.8 Å². The summed E-state index contributed by atoms with van der Waals surface area (Å²) in [7, 11) is 0. The standard InChI is InChI=1S/C17H22N2O4/c1-10-6-12(9-18)7-11(2)13(10)8-14(15(20)21)19-16(22)23-17(3,4)5/h6-7,14H,8H2,1-5H3,(H,19,22)(H,20,21)/t14-/m0/s1. The molecular weight excluding hydrogens is 296 g/mol. The quantitative estimate of drug-likeness (QED) is 0.889. The highest BCUT2D eigenvalue weighted by molar-refractivity contribution is 5.80. The Kier molecular flexibility index (Phi) is 5.74. The van der Waals surface area contributed by atoms with E-state index in [4.69, 9.17) is 10.00 Å². The van der Waals surface area contributed by atoms with Crippen LogP contribution in [0.2, 0.25) is 0 Å². The van der Waals surface area contributed by atoms with Crippen molar-refractivity contribution in [3.63, 3.8) is 0 Å². The van der Waals surface area contributed by atoms with Crippen molar-refractivity contribution in [3.05, 3.63) is 34.4 Å². The summed E-state index contributed by atoms with van der Waals surface area (Å²) in [6.45, 7) is 8.75. The molecule has 0 aromatic heterocycles. The molecule has 0 heterocycles. The molecule has 0 spiro atoms. The third kappa shape index (κ3) is 5.62. The van der Waals surface area contributed by atoms with Gasteiger partial charge in [0.2, 0.25) is 0 Å². The van der Waals surface area contributed by atoms with E-state index in [1.165, 1.54) is 0 Å². The number of carbonyl (C=O) groups is 2. The summed E-state index contributed by atoms with van der Waals surface area (Å²) >= 11 is 0. The number of nitrogens with zero attached hydrogens (tertiary/aromatic N) is 1. The summed E-state index contributed by atoms with van der Waals surface area (Å²) in [5, 5.41) is 20.7. The van der Waals surface area contributed by atoms with Crippen molar-refractivity contribution in [2.24, 2.45) is 0 Å². The molecule has 1 amide bonds. The highest BCUT2D eigenvalue weighted by atomic mass is 16.6. The van der Waals surface area contributed by atoms with Crippen molar-refractivity contribution in [2.45, 2.75) is 52.7 Å². The lowest BCUT2D eigenvalue weighted by Crippen LogP contribution is -2.44. The zero-order chi connectivity index (χ0) is 17.8. The van der Waals surface area contributed by atoms with Gasteiger partial charge in [-0.2, -0.15) is 5.26 Å². The maximum atomic E-state index is 11.8. The Balaban J connectivity index is 2.96. The van der Waals surface area contributed by atoms with E-state index in [0.717, 1.165) is 16.7 Å². The first kappa shape index (κ1) is 18.5. The van der Waals surface area contributed by atoms with Gasteiger partial charge < -0.3 is 15.2 Å². The normalized spacial score (nSPS) is 12.2. The number of carboxylic acid groups (broad SMARTS) is 1. The Morgan fingerprint density at radius 3 is 2.22 bits per heavy atom. The highest BCUT2D eigenvalue weighted by Crippen LogP contribution is 2.18. The van der Waals surface area contributed by atoms with Gasteiger partial charge in [-0.15, -0.1) is 0 Å². The number of aryl methyl sites for hydroxylation is 2. The molecule has 0 aliphatic rings. The van der Waals surface area contributed by atoms with E-state index in [1.54, 1.807) is 32.9 Å². The van der Waals surface area contributed by atoms with Crippen molar-refractivity contribution in [2.75, 3.05) is 0 Å². The number of carbonyl (C=O) groups excluding carboxylic acids is 1. The van der Waals surface area contributed by atoms with Gasteiger partial charge in [0.1, 0.15) is 11.6 Å². The van der Waals surface area contributed by atoms with Crippen LogP contribution in [0.15, 0.2) is 12.1 Å². The number of amides is 1. The van der Waals surface area contributed by atoms with E-state index in [-0.39, 0.29) is 6.42 Å². The number of nitriles is 1. The van der Waals surface area contributed by atoms with E-state index >= 15 is 0 Å². The monoisotopic (exact) mass is 318 g/mol. The fraction of sp³-hybridized carbons (Fsp3) is 0.471. The third-order valence-corrected chi connectivity index (χ3v) is 3.22. The summed E-state index contributed by atoms with van der Waals surface area (Å²) in [5.41, 5.74) is 2.26. The minimum atomic E-state index is -1.14. The lowest BCUT2D eigenvalue weighted by atomic mass is 9.94. The molecular formula is C17H22N2O4. The number of carboxylic acids is 1. The molecule has 0 unspecified atom stereocenters. The van der Waals surface area contributed by atoms with Crippen molar-refractivity contribution < 1.29 is 19.4 Å². The summed E-state index contributed by atoms with van der Waals surface area (Å²) < 4.78 is 5.10. The number of alkyl carbamates (subject to hydrolysis) is 1. The van der Waals surface area contributed by atoms with Crippen LogP contribution >= 0.6 is 0 Å². The summed E-state index contributed by atoms with van der Waals surface area (Å²) in [5.74, 6) is -1.14. The minimum Gasteiger partial charge on any atom is -0.480 e. The summed E-state index contributed by atoms with van der Waals surface area (Å²) in [6.07, 6.45) is -0.647. The fourth-order valence-corrected chi connectivity index (χ4v) is 2.23. The van der Waals surface area contributed by atoms with Gasteiger partial charge in [-0.05, 0) is 63.4 Å². The van der Waals surface area contributed by atoms with Crippen LogP contribution in [0.25, 0.3) is 0 Å². The molecule has 1 aromatic carbocycles. The Bertz CT molecular complexity index is 631. The van der Waals surface area contributed by atoms with Crippen LogP contribution in [0.3, 0.4) is 0 Å². The topological polar surface area (TPSA) is 99.4 Å². The van der Waals surface area contributed by atoms with E-state index in [0.29, 0.717) is 5.56 Å². The first-order valence-corrected chi connectivity index (χ1v) is 7.26. The molecule has 124 valence electrons. The fourth-order valence-electron chi connectivity index (χ4n) is 2.23. The lowest BCUT2D eigenvalue weighted by molar-refractivity contribution is -0.139. The predicted molar refractivity (Wildman–Crippen MR) is 85.1 cm³/mol. The van der Waals surface area contributed by atoms with Crippen LogP contribution in [0.5, 0.6) is 0 Å². The van der Waals surface area contributed by atoms with Gasteiger partial charge in [0, 0.05) is 6.42 Å². The number of ether oxygens (including phenoxy) is 1. The van der Waals surface area contributed by atoms with Gasteiger partial charge in [0.15, 0.2) is 0 Å². The molecule has 0 radical (unpaired) electrons. The molecule has 2 N–H and O–H groups in total. The van der Waals surface area contributed by atoms with Crippen molar-refractivity contribution in [3.8, 4) is 6.07 Å². The van der Waals surface area contributed by atoms with Crippen LogP contribution in [0.1, 0.15) is 43.0 Å². The number of hydrogen-bond donors (Lipinski definition) is 2. The zero-order valence-corrected chi connectivity index (χ0v) is 14.1. The number of aliphatic carboxylic acids is 1. The van der Waals surface area contributed by atoms with Crippen LogP contribution in [0, 0.1) is 25.2 Å². The van der Waals surface area contributed by atoms with Crippen LogP contribution in [0.4, 0.5) is 4.79 Å². The number of rotatable bonds is 4. The number of nitrogens with one attached hydrogen (secondary N) is 1. The highest BCUT2D eigenvalue weighted by Gasteiger charge is 2.25. The maximum Gasteiger partial charge on any atom is 0.408 e. The lowest BCUT2D eigenvalue weighted by Gasteiger charge is -2.22. The second-order valence-corrected chi connectivity index (χ2v) is 6.44. The van der Waals surface area contributed by atoms with E-state index in [9.17, 15) is 14.7 Å². The van der Waals surface area contributed by atoms with E-state index in [2.05, 4.69) is 11.4 Å². The Morgan fingerprint density at radius 1 is 1.30 bits per heavy atom. The molecule has 0 fully saturated rings. The Labute approximate surface area is 136 Å². The molecule has 23 heavy (non-hydrogen) atoms. The molecule has 0 aliphatic heterocycles. The Hall–Kier alpha value is -2.55. The molecule has 0 saturated heterocycles. The van der Waals surface area contributed by atoms with Crippen molar-refractivity contribution in [1.82, 2.24) is 5.32 Å². The van der Waals surface area contributed by atoms with Gasteiger partial charge in [-0.1, -0.05) is 0 Å². The molecule has 0 saturated carbocycles. The van der Waals surface area contributed by atoms with Gasteiger partial charge in [0.25, 0.3) is 0 Å².